The quantitative estimate of drug-likeness (QED) is 0.769. The van der Waals surface area contributed by atoms with Crippen molar-refractivity contribution in [2.24, 2.45) is 11.7 Å². The van der Waals surface area contributed by atoms with E-state index in [-0.39, 0.29) is 30.3 Å². The maximum atomic E-state index is 12.9. The Kier molecular flexibility index (Phi) is 5.91. The molecule has 0 bridgehead atoms. The predicted molar refractivity (Wildman–Crippen MR) is 102 cm³/mol. The summed E-state index contributed by atoms with van der Waals surface area (Å²) < 4.78 is 10.6. The van der Waals surface area contributed by atoms with Crippen LogP contribution >= 0.6 is 0 Å². The summed E-state index contributed by atoms with van der Waals surface area (Å²) in [5.41, 5.74) is 5.95. The molecule has 2 heterocycles. The van der Waals surface area contributed by atoms with E-state index in [2.05, 4.69) is 0 Å². The van der Waals surface area contributed by atoms with Gasteiger partial charge in [-0.3, -0.25) is 14.5 Å². The summed E-state index contributed by atoms with van der Waals surface area (Å²) in [6, 6.07) is 5.02. The number of hydrogen-bond donors (Lipinski definition) is 1. The van der Waals surface area contributed by atoms with E-state index >= 15 is 0 Å². The zero-order valence-corrected chi connectivity index (χ0v) is 16.2. The number of nitrogens with zero attached hydrogens (tertiary/aromatic N) is 3. The first kappa shape index (κ1) is 19.8. The number of piperidine rings is 1. The third-order valence-corrected chi connectivity index (χ3v) is 5.35. The van der Waals surface area contributed by atoms with Gasteiger partial charge >= 0.3 is 6.03 Å². The van der Waals surface area contributed by atoms with Crippen LogP contribution < -0.4 is 20.1 Å². The molecule has 0 unspecified atom stereocenters. The first-order valence-electron chi connectivity index (χ1n) is 9.30. The van der Waals surface area contributed by atoms with Crippen LogP contribution in [0.4, 0.5) is 10.5 Å². The van der Waals surface area contributed by atoms with Crippen molar-refractivity contribution >= 4 is 23.5 Å². The molecule has 0 radical (unpaired) electrons. The highest BCUT2D eigenvalue weighted by Gasteiger charge is 2.34. The van der Waals surface area contributed by atoms with Gasteiger partial charge in [0.15, 0.2) is 0 Å². The van der Waals surface area contributed by atoms with Gasteiger partial charge in [-0.25, -0.2) is 4.79 Å². The summed E-state index contributed by atoms with van der Waals surface area (Å²) in [6.45, 7) is 1.90. The Balaban J connectivity index is 1.63. The normalized spacial score (nSPS) is 17.8. The van der Waals surface area contributed by atoms with Crippen molar-refractivity contribution in [2.45, 2.75) is 12.8 Å². The molecule has 1 aromatic carbocycles. The fourth-order valence-electron chi connectivity index (χ4n) is 3.64. The molecule has 0 aromatic heterocycles. The maximum absolute atomic E-state index is 12.9. The van der Waals surface area contributed by atoms with Crippen molar-refractivity contribution in [3.05, 3.63) is 18.2 Å². The molecule has 9 heteroatoms. The van der Waals surface area contributed by atoms with Crippen LogP contribution in [0.5, 0.6) is 11.5 Å². The molecule has 2 saturated heterocycles. The zero-order chi connectivity index (χ0) is 20.3. The molecule has 3 rings (SSSR count). The highest BCUT2D eigenvalue weighted by atomic mass is 16.5. The minimum Gasteiger partial charge on any atom is -0.497 e. The molecular weight excluding hydrogens is 364 g/mol. The summed E-state index contributed by atoms with van der Waals surface area (Å²) in [5.74, 6) is 0.584. The molecule has 0 spiro atoms. The van der Waals surface area contributed by atoms with E-state index in [4.69, 9.17) is 15.2 Å². The Hall–Kier alpha value is -2.97. The van der Waals surface area contributed by atoms with Crippen molar-refractivity contribution in [2.75, 3.05) is 51.8 Å². The van der Waals surface area contributed by atoms with Crippen molar-refractivity contribution in [3.8, 4) is 11.5 Å². The summed E-state index contributed by atoms with van der Waals surface area (Å²) in [6.07, 6.45) is 1.14. The van der Waals surface area contributed by atoms with Gasteiger partial charge in [-0.05, 0) is 25.0 Å². The number of hydrogen-bond acceptors (Lipinski definition) is 5. The molecule has 2 fully saturated rings. The van der Waals surface area contributed by atoms with Crippen molar-refractivity contribution < 1.29 is 23.9 Å². The van der Waals surface area contributed by atoms with Gasteiger partial charge in [0.25, 0.3) is 0 Å². The highest BCUT2D eigenvalue weighted by Crippen LogP contribution is 2.34. The van der Waals surface area contributed by atoms with Gasteiger partial charge in [0.1, 0.15) is 18.0 Å². The Bertz CT molecular complexity index is 761. The lowest BCUT2D eigenvalue weighted by molar-refractivity contribution is -0.135. The molecule has 0 atom stereocenters. The molecule has 152 valence electrons. The van der Waals surface area contributed by atoms with E-state index < -0.39 is 0 Å². The van der Waals surface area contributed by atoms with Gasteiger partial charge in [0.05, 0.1) is 19.9 Å². The summed E-state index contributed by atoms with van der Waals surface area (Å²) in [7, 11) is 3.10. The second-order valence-corrected chi connectivity index (χ2v) is 6.95. The number of benzene rings is 1. The molecule has 2 aliphatic rings. The minimum absolute atomic E-state index is 0.0167. The number of likely N-dealkylation sites (tertiary alicyclic amines) is 1. The topological polar surface area (TPSA) is 105 Å². The van der Waals surface area contributed by atoms with E-state index in [9.17, 15) is 14.4 Å². The molecule has 0 saturated carbocycles. The summed E-state index contributed by atoms with van der Waals surface area (Å²) >= 11 is 0. The number of urea groups is 1. The second kappa shape index (κ2) is 8.37. The van der Waals surface area contributed by atoms with Crippen LogP contribution in [0.15, 0.2) is 18.2 Å². The van der Waals surface area contributed by atoms with Crippen LogP contribution in [-0.4, -0.2) is 74.6 Å². The lowest BCUT2D eigenvalue weighted by atomic mass is 9.96. The van der Waals surface area contributed by atoms with E-state index in [1.165, 1.54) is 4.90 Å². The smallest absolute Gasteiger partial charge is 0.325 e. The Morgan fingerprint density at radius 3 is 2.43 bits per heavy atom. The van der Waals surface area contributed by atoms with Gasteiger partial charge in [-0.15, -0.1) is 0 Å². The van der Waals surface area contributed by atoms with Crippen LogP contribution in [0.3, 0.4) is 0 Å². The van der Waals surface area contributed by atoms with Crippen LogP contribution in [0.2, 0.25) is 0 Å². The summed E-state index contributed by atoms with van der Waals surface area (Å²) in [4.78, 5) is 41.5. The maximum Gasteiger partial charge on any atom is 0.325 e. The molecule has 2 N–H and O–H groups in total. The number of ether oxygens (including phenoxy) is 2. The first-order valence-corrected chi connectivity index (χ1v) is 9.30. The van der Waals surface area contributed by atoms with Crippen molar-refractivity contribution in [1.29, 1.82) is 0 Å². The van der Waals surface area contributed by atoms with Crippen molar-refractivity contribution in [1.82, 2.24) is 9.80 Å². The van der Waals surface area contributed by atoms with Crippen molar-refractivity contribution in [3.63, 3.8) is 0 Å². The lowest BCUT2D eigenvalue weighted by Gasteiger charge is -2.31. The van der Waals surface area contributed by atoms with Crippen LogP contribution in [0.25, 0.3) is 0 Å². The van der Waals surface area contributed by atoms with Crippen LogP contribution in [-0.2, 0) is 9.59 Å². The average molecular weight is 390 g/mol. The highest BCUT2D eigenvalue weighted by molar-refractivity contribution is 5.98. The summed E-state index contributed by atoms with van der Waals surface area (Å²) in [5, 5.41) is 0. The van der Waals surface area contributed by atoms with Crippen LogP contribution in [0, 0.1) is 5.92 Å². The first-order chi connectivity index (χ1) is 13.4. The molecular formula is C19H26N4O5. The molecule has 28 heavy (non-hydrogen) atoms. The monoisotopic (exact) mass is 390 g/mol. The number of nitrogens with two attached hydrogens (primary N) is 1. The van der Waals surface area contributed by atoms with E-state index in [1.54, 1.807) is 42.2 Å². The number of anilines is 1. The fraction of sp³-hybridized carbons (Fsp3) is 0.526. The molecule has 9 nitrogen and oxygen atoms in total. The minimum atomic E-state index is -0.315. The third kappa shape index (κ3) is 3.97. The molecule has 0 aliphatic carbocycles. The number of carbonyl (C=O) groups excluding carboxylic acids is 3. The third-order valence-electron chi connectivity index (χ3n) is 5.35. The number of rotatable bonds is 6. The number of methoxy groups -OCH3 is 2. The van der Waals surface area contributed by atoms with Gasteiger partial charge in [-0.2, -0.15) is 0 Å². The van der Waals surface area contributed by atoms with Gasteiger partial charge in [-0.1, -0.05) is 0 Å². The van der Waals surface area contributed by atoms with Gasteiger partial charge in [0.2, 0.25) is 11.8 Å². The Labute approximate surface area is 163 Å². The zero-order valence-electron chi connectivity index (χ0n) is 16.2. The fourth-order valence-corrected chi connectivity index (χ4v) is 3.64. The largest absolute Gasteiger partial charge is 0.497 e. The Morgan fingerprint density at radius 1 is 1.11 bits per heavy atom. The van der Waals surface area contributed by atoms with E-state index in [1.807, 2.05) is 0 Å². The predicted octanol–water partition coefficient (Wildman–Crippen LogP) is 0.670. The SMILES string of the molecule is COc1ccc(OC)c(N2CCN(CC(=O)N3CCC(C(N)=O)CC3)C2=O)c1. The van der Waals surface area contributed by atoms with Crippen LogP contribution in [0.1, 0.15) is 12.8 Å². The molecule has 1 aromatic rings. The number of primary amides is 1. The second-order valence-electron chi connectivity index (χ2n) is 6.95. The molecule has 2 aliphatic heterocycles. The lowest BCUT2D eigenvalue weighted by Crippen LogP contribution is -2.46. The Morgan fingerprint density at radius 2 is 1.82 bits per heavy atom. The molecule has 4 amide bonds. The van der Waals surface area contributed by atoms with Gasteiger partial charge in [0, 0.05) is 38.2 Å². The van der Waals surface area contributed by atoms with E-state index in [0.29, 0.717) is 56.2 Å². The number of amides is 4. The average Bonchev–Trinajstić information content (AvgIpc) is 3.07. The van der Waals surface area contributed by atoms with E-state index in [0.717, 1.165) is 0 Å². The standard InChI is InChI=1S/C19H26N4O5/c1-27-14-3-4-16(28-2)15(11-14)23-10-9-22(19(23)26)12-17(24)21-7-5-13(6-8-21)18(20)25/h3-4,11,13H,5-10,12H2,1-2H3,(H2,20,25). The van der Waals surface area contributed by atoms with Gasteiger partial charge < -0.3 is 25.0 Å². The number of carbonyl (C=O) groups is 3.